The molecule has 5 nitrogen and oxygen atoms in total. The second kappa shape index (κ2) is 6.49. The maximum Gasteiger partial charge on any atom is 0.231 e. The van der Waals surface area contributed by atoms with E-state index in [2.05, 4.69) is 33.4 Å². The van der Waals surface area contributed by atoms with Gasteiger partial charge in [-0.1, -0.05) is 12.1 Å². The lowest BCUT2D eigenvalue weighted by Gasteiger charge is -2.51. The summed E-state index contributed by atoms with van der Waals surface area (Å²) in [6, 6.07) is 11.2. The van der Waals surface area contributed by atoms with E-state index in [1.165, 1.54) is 31.5 Å². The molecule has 1 aromatic carbocycles. The Morgan fingerprint density at radius 1 is 1.11 bits per heavy atom. The van der Waals surface area contributed by atoms with E-state index in [0.717, 1.165) is 22.9 Å². The average Bonchev–Trinajstić information content (AvgIpc) is 3.47. The highest BCUT2D eigenvalue weighted by Gasteiger charge is 2.54. The van der Waals surface area contributed by atoms with Crippen LogP contribution < -0.4 is 9.47 Å². The molecule has 4 fully saturated rings. The summed E-state index contributed by atoms with van der Waals surface area (Å²) in [5, 5.41) is 2.05. The Morgan fingerprint density at radius 3 is 2.79 bits per heavy atom. The van der Waals surface area contributed by atoms with Crippen LogP contribution >= 0.6 is 11.3 Å². The maximum absolute atomic E-state index is 13.3. The van der Waals surface area contributed by atoms with Crippen molar-refractivity contribution in [3.05, 3.63) is 46.2 Å². The van der Waals surface area contributed by atoms with Gasteiger partial charge in [0, 0.05) is 23.4 Å². The molecule has 2 aromatic rings. The van der Waals surface area contributed by atoms with Gasteiger partial charge in [-0.2, -0.15) is 0 Å². The number of carbonyl (C=O) groups is 1. The minimum Gasteiger partial charge on any atom is -0.454 e. The summed E-state index contributed by atoms with van der Waals surface area (Å²) in [7, 11) is 0. The Labute approximate surface area is 168 Å². The molecule has 7 rings (SSSR count). The molecule has 3 atom stereocenters. The van der Waals surface area contributed by atoms with Crippen LogP contribution in [0.4, 0.5) is 0 Å². The molecule has 1 amide bonds. The molecule has 0 saturated carbocycles. The molecular weight excluding hydrogens is 372 g/mol. The van der Waals surface area contributed by atoms with E-state index in [1.54, 1.807) is 11.3 Å². The highest BCUT2D eigenvalue weighted by atomic mass is 32.1. The van der Waals surface area contributed by atoms with Crippen molar-refractivity contribution < 1.29 is 14.3 Å². The van der Waals surface area contributed by atoms with Crippen molar-refractivity contribution in [2.24, 2.45) is 5.92 Å². The van der Waals surface area contributed by atoms with Gasteiger partial charge in [-0.05, 0) is 61.0 Å². The summed E-state index contributed by atoms with van der Waals surface area (Å²) in [6.45, 7) is 3.45. The topological polar surface area (TPSA) is 42.0 Å². The lowest BCUT2D eigenvalue weighted by atomic mass is 9.75. The van der Waals surface area contributed by atoms with Crippen LogP contribution in [0.2, 0.25) is 0 Å². The average molecular weight is 397 g/mol. The fourth-order valence-corrected chi connectivity index (χ4v) is 6.50. The molecule has 2 bridgehead atoms. The first-order chi connectivity index (χ1) is 13.8. The number of hydrogen-bond acceptors (Lipinski definition) is 5. The van der Waals surface area contributed by atoms with Crippen LogP contribution in [0.1, 0.15) is 29.2 Å². The number of benzene rings is 1. The van der Waals surface area contributed by atoms with E-state index >= 15 is 0 Å². The summed E-state index contributed by atoms with van der Waals surface area (Å²) in [4.78, 5) is 19.3. The van der Waals surface area contributed by atoms with Crippen LogP contribution in [0, 0.1) is 5.92 Å². The number of fused-ring (bicyclic) bond motifs is 3. The van der Waals surface area contributed by atoms with Gasteiger partial charge in [0.1, 0.15) is 0 Å². The van der Waals surface area contributed by atoms with E-state index in [0.29, 0.717) is 37.1 Å². The van der Waals surface area contributed by atoms with Gasteiger partial charge in [0.15, 0.2) is 11.5 Å². The van der Waals surface area contributed by atoms with Gasteiger partial charge in [0.25, 0.3) is 0 Å². The maximum atomic E-state index is 13.3. The van der Waals surface area contributed by atoms with Crippen LogP contribution in [0.5, 0.6) is 11.5 Å². The van der Waals surface area contributed by atoms with E-state index in [1.807, 2.05) is 12.1 Å². The molecule has 0 aliphatic carbocycles. The molecule has 28 heavy (non-hydrogen) atoms. The second-order valence-electron chi connectivity index (χ2n) is 8.38. The normalized spacial score (nSPS) is 32.6. The molecule has 0 radical (unpaired) electrons. The first-order valence-electron chi connectivity index (χ1n) is 10.2. The summed E-state index contributed by atoms with van der Waals surface area (Å²) in [6.07, 6.45) is 2.97. The number of hydrogen-bond donors (Lipinski definition) is 0. The van der Waals surface area contributed by atoms with Crippen molar-refractivity contribution in [3.8, 4) is 11.5 Å². The number of thiophene rings is 1. The Bertz CT molecular complexity index is 891. The number of ether oxygens (including phenoxy) is 2. The molecular formula is C22H24N2O3S. The largest absolute Gasteiger partial charge is 0.454 e. The van der Waals surface area contributed by atoms with E-state index in [4.69, 9.17) is 9.47 Å². The zero-order valence-corrected chi connectivity index (χ0v) is 16.6. The zero-order valence-electron chi connectivity index (χ0n) is 15.8. The summed E-state index contributed by atoms with van der Waals surface area (Å²) in [5.74, 6) is 2.94. The fraction of sp³-hybridized carbons (Fsp3) is 0.500. The molecule has 0 spiro atoms. The van der Waals surface area contributed by atoms with Gasteiger partial charge in [-0.25, -0.2) is 0 Å². The number of likely N-dealkylation sites (tertiary alicyclic amines) is 1. The second-order valence-corrected chi connectivity index (χ2v) is 9.41. The molecule has 146 valence electrons. The van der Waals surface area contributed by atoms with E-state index in [9.17, 15) is 4.79 Å². The first-order valence-corrected chi connectivity index (χ1v) is 11.1. The third kappa shape index (κ3) is 2.58. The first kappa shape index (κ1) is 16.9. The predicted octanol–water partition coefficient (Wildman–Crippen LogP) is 3.11. The molecule has 6 heterocycles. The van der Waals surface area contributed by atoms with Crippen LogP contribution in [0.15, 0.2) is 35.7 Å². The van der Waals surface area contributed by atoms with Crippen molar-refractivity contribution >= 4 is 17.2 Å². The highest BCUT2D eigenvalue weighted by molar-refractivity contribution is 7.10. The van der Waals surface area contributed by atoms with Crippen LogP contribution in [0.25, 0.3) is 0 Å². The quantitative estimate of drug-likeness (QED) is 0.800. The molecule has 1 aromatic heterocycles. The smallest absolute Gasteiger partial charge is 0.231 e. The van der Waals surface area contributed by atoms with Gasteiger partial charge in [0.05, 0.1) is 12.5 Å². The molecule has 6 heteroatoms. The fourth-order valence-electron chi connectivity index (χ4n) is 5.81. The highest BCUT2D eigenvalue weighted by Crippen LogP contribution is 2.48. The number of rotatable bonds is 3. The Kier molecular flexibility index (Phi) is 3.91. The predicted molar refractivity (Wildman–Crippen MR) is 107 cm³/mol. The Balaban J connectivity index is 1.34. The minimum absolute atomic E-state index is 0.287. The minimum atomic E-state index is 0.287. The zero-order chi connectivity index (χ0) is 18.7. The standard InChI is InChI=1S/C22H24N2O3S/c25-20(11-16-2-1-9-28-16)24-12-17(15-3-4-18-19(10-15)27-13-26-18)22-21(24)14-5-7-23(22)8-6-14/h1-4,9-10,14,17,21-22H,5-8,11-13H2/t17-,21+,22+/m0/s1. The van der Waals surface area contributed by atoms with Crippen LogP contribution in [-0.2, 0) is 11.2 Å². The molecule has 0 N–H and O–H groups in total. The van der Waals surface area contributed by atoms with Gasteiger partial charge in [-0.15, -0.1) is 11.3 Å². The number of carbonyl (C=O) groups excluding carboxylic acids is 1. The summed E-state index contributed by atoms with van der Waals surface area (Å²) < 4.78 is 11.1. The van der Waals surface area contributed by atoms with Gasteiger partial charge in [0.2, 0.25) is 12.7 Å². The van der Waals surface area contributed by atoms with E-state index < -0.39 is 0 Å². The van der Waals surface area contributed by atoms with Crippen LogP contribution in [-0.4, -0.2) is 54.2 Å². The lowest BCUT2D eigenvalue weighted by Crippen LogP contribution is -2.60. The van der Waals surface area contributed by atoms with Crippen molar-refractivity contribution in [3.63, 3.8) is 0 Å². The van der Waals surface area contributed by atoms with Crippen LogP contribution in [0.3, 0.4) is 0 Å². The third-order valence-electron chi connectivity index (χ3n) is 7.04. The number of piperidine rings is 3. The Hall–Kier alpha value is -2.05. The molecule has 5 aliphatic heterocycles. The molecule has 4 saturated heterocycles. The van der Waals surface area contributed by atoms with Gasteiger partial charge in [-0.3, -0.25) is 9.69 Å². The van der Waals surface area contributed by atoms with Crippen molar-refractivity contribution in [2.75, 3.05) is 26.4 Å². The SMILES string of the molecule is O=C(Cc1cccs1)N1C[C@@H](c2ccc3c(c2)OCO3)[C@@H]2[C@H]1C1CCN2CC1. The molecule has 5 aliphatic rings. The van der Waals surface area contributed by atoms with Crippen molar-refractivity contribution in [2.45, 2.75) is 37.3 Å². The lowest BCUT2D eigenvalue weighted by molar-refractivity contribution is -0.135. The summed E-state index contributed by atoms with van der Waals surface area (Å²) in [5.41, 5.74) is 1.28. The number of amides is 1. The summed E-state index contributed by atoms with van der Waals surface area (Å²) >= 11 is 1.68. The van der Waals surface area contributed by atoms with Gasteiger partial charge < -0.3 is 14.4 Å². The number of nitrogens with zero attached hydrogens (tertiary/aromatic N) is 2. The Morgan fingerprint density at radius 2 is 1.96 bits per heavy atom. The molecule has 0 unspecified atom stereocenters. The van der Waals surface area contributed by atoms with Gasteiger partial charge >= 0.3 is 0 Å². The van der Waals surface area contributed by atoms with Crippen molar-refractivity contribution in [1.82, 2.24) is 9.80 Å². The third-order valence-corrected chi connectivity index (χ3v) is 7.92. The van der Waals surface area contributed by atoms with E-state index in [-0.39, 0.29) is 5.91 Å². The monoisotopic (exact) mass is 396 g/mol. The van der Waals surface area contributed by atoms with Crippen molar-refractivity contribution in [1.29, 1.82) is 0 Å².